The average Bonchev–Trinajstić information content (AvgIpc) is 3.04. The van der Waals surface area contributed by atoms with E-state index in [2.05, 4.69) is 11.0 Å². The number of nitrogens with one attached hydrogen (secondary N) is 4. The van der Waals surface area contributed by atoms with Crippen LogP contribution in [0.5, 0.6) is 0 Å². The highest BCUT2D eigenvalue weighted by atomic mass is 35.5. The van der Waals surface area contributed by atoms with Gasteiger partial charge in [-0.3, -0.25) is 20.0 Å². The molecule has 25 heavy (non-hydrogen) atoms. The smallest absolute Gasteiger partial charge is 0.182 e. The van der Waals surface area contributed by atoms with Gasteiger partial charge in [-0.2, -0.15) is 4.94 Å². The van der Waals surface area contributed by atoms with E-state index in [1.165, 1.54) is 0 Å². The lowest BCUT2D eigenvalue weighted by atomic mass is 10.3. The first-order chi connectivity index (χ1) is 12.1. The van der Waals surface area contributed by atoms with Crippen LogP contribution in [0.25, 0.3) is 11.4 Å². The Labute approximate surface area is 151 Å². The molecule has 126 valence electrons. The summed E-state index contributed by atoms with van der Waals surface area (Å²) in [5.41, 5.74) is 6.66. The molecule has 0 atom stereocenters. The van der Waals surface area contributed by atoms with Crippen LogP contribution in [0.1, 0.15) is 0 Å². The summed E-state index contributed by atoms with van der Waals surface area (Å²) in [6.45, 7) is 0. The molecule has 0 saturated carbocycles. The molecule has 0 unspecified atom stereocenters. The second kappa shape index (κ2) is 5.96. The van der Waals surface area contributed by atoms with Crippen molar-refractivity contribution in [3.63, 3.8) is 0 Å². The number of nitrogens with zero attached hydrogens (tertiary/aromatic N) is 2. The lowest BCUT2D eigenvalue weighted by Crippen LogP contribution is -2.41. The van der Waals surface area contributed by atoms with Gasteiger partial charge < -0.3 is 0 Å². The van der Waals surface area contributed by atoms with Gasteiger partial charge >= 0.3 is 0 Å². The normalized spacial score (nSPS) is 12.4. The van der Waals surface area contributed by atoms with E-state index in [-0.39, 0.29) is 11.0 Å². The zero-order chi connectivity index (χ0) is 17.6. The van der Waals surface area contributed by atoms with Crippen LogP contribution in [0.2, 0.25) is 10.0 Å². The van der Waals surface area contributed by atoms with Crippen molar-refractivity contribution in [2.45, 2.75) is 0 Å². The van der Waals surface area contributed by atoms with Gasteiger partial charge in [0, 0.05) is 10.0 Å². The Morgan fingerprint density at radius 1 is 0.760 bits per heavy atom. The van der Waals surface area contributed by atoms with E-state index in [4.69, 9.17) is 39.0 Å². The minimum absolute atomic E-state index is 0.0409. The van der Waals surface area contributed by atoms with E-state index in [1.807, 2.05) is 0 Å². The van der Waals surface area contributed by atoms with Crippen molar-refractivity contribution in [3.8, 4) is 11.4 Å². The largest absolute Gasteiger partial charge is 0.281 e. The van der Waals surface area contributed by atoms with Gasteiger partial charge in [0.25, 0.3) is 0 Å². The van der Waals surface area contributed by atoms with Crippen molar-refractivity contribution in [1.29, 1.82) is 10.8 Å². The molecule has 9 heteroatoms. The number of anilines is 2. The molecule has 1 aliphatic rings. The molecule has 2 aromatic carbocycles. The van der Waals surface area contributed by atoms with E-state index in [9.17, 15) is 0 Å². The summed E-state index contributed by atoms with van der Waals surface area (Å²) in [7, 11) is 0. The molecule has 0 amide bonds. The molecule has 0 aliphatic carbocycles. The van der Waals surface area contributed by atoms with E-state index in [1.54, 1.807) is 57.7 Å². The first-order valence-corrected chi connectivity index (χ1v) is 8.03. The molecule has 0 bridgehead atoms. The molecule has 4 rings (SSSR count). The van der Waals surface area contributed by atoms with Crippen LogP contribution in [0.4, 0.5) is 11.6 Å². The Bertz CT molecular complexity index is 1020. The van der Waals surface area contributed by atoms with Crippen molar-refractivity contribution < 1.29 is 4.94 Å². The molecular weight excluding hydrogens is 363 g/mol. The van der Waals surface area contributed by atoms with E-state index in [0.717, 1.165) is 0 Å². The zero-order valence-corrected chi connectivity index (χ0v) is 14.2. The number of hydrogen-bond acceptors (Lipinski definition) is 5. The number of hydrogen-bond donors (Lipinski definition) is 4. The van der Waals surface area contributed by atoms with Gasteiger partial charge in [0.1, 0.15) is 0 Å². The summed E-state index contributed by atoms with van der Waals surface area (Å²) >= 11 is 12.1. The summed E-state index contributed by atoms with van der Waals surface area (Å²) in [6, 6.07) is 14.1. The lowest BCUT2D eigenvalue weighted by Gasteiger charge is -2.17. The predicted molar refractivity (Wildman–Crippen MR) is 95.2 cm³/mol. The summed E-state index contributed by atoms with van der Waals surface area (Å²) in [5, 5.41) is 18.0. The van der Waals surface area contributed by atoms with Crippen LogP contribution in [0.3, 0.4) is 0 Å². The minimum Gasteiger partial charge on any atom is -0.281 e. The number of halogens is 2. The Hall–Kier alpha value is -2.74. The molecule has 4 N–H and O–H groups in total. The van der Waals surface area contributed by atoms with Gasteiger partial charge in [0.05, 0.1) is 11.4 Å². The predicted octanol–water partition coefficient (Wildman–Crippen LogP) is 3.22. The van der Waals surface area contributed by atoms with Gasteiger partial charge in [0.15, 0.2) is 22.6 Å². The standard InChI is InChI=1S/C16H12Cl2N6O/c17-9-3-1-5-11(7-9)23-13(19)14(20)24(16-15(23)21-25-22-16)12-6-2-4-10(18)8-12/h1-8,19-22H. The molecule has 7 nitrogen and oxygen atoms in total. The van der Waals surface area contributed by atoms with Crippen molar-refractivity contribution >= 4 is 34.8 Å². The molecule has 1 aliphatic heterocycles. The Kier molecular flexibility index (Phi) is 3.76. The highest BCUT2D eigenvalue weighted by molar-refractivity contribution is 6.31. The molecular formula is C16H12Cl2N6O. The first-order valence-electron chi connectivity index (χ1n) is 7.27. The van der Waals surface area contributed by atoms with Crippen LogP contribution in [0, 0.1) is 10.8 Å². The minimum atomic E-state index is -0.0409. The topological polar surface area (TPSA) is 90.9 Å². The second-order valence-corrected chi connectivity index (χ2v) is 6.20. The lowest BCUT2D eigenvalue weighted by molar-refractivity contribution is 0.279. The maximum absolute atomic E-state index is 8.47. The van der Waals surface area contributed by atoms with Crippen LogP contribution >= 0.6 is 23.2 Å². The molecule has 0 fully saturated rings. The number of rotatable bonds is 2. The molecule has 1 aromatic heterocycles. The van der Waals surface area contributed by atoms with Crippen LogP contribution < -0.4 is 21.9 Å². The van der Waals surface area contributed by atoms with Crippen LogP contribution in [-0.4, -0.2) is 9.13 Å². The van der Waals surface area contributed by atoms with Gasteiger partial charge in [-0.15, -0.1) is 0 Å². The Morgan fingerprint density at radius 2 is 1.20 bits per heavy atom. The molecule has 2 heterocycles. The van der Waals surface area contributed by atoms with E-state index >= 15 is 0 Å². The fourth-order valence-corrected chi connectivity index (χ4v) is 3.07. The molecule has 0 spiro atoms. The third-order valence-corrected chi connectivity index (χ3v) is 4.24. The van der Waals surface area contributed by atoms with Crippen LogP contribution in [-0.2, 0) is 4.94 Å². The molecule has 0 radical (unpaired) electrons. The number of benzene rings is 2. The summed E-state index contributed by atoms with van der Waals surface area (Å²) < 4.78 is 3.09. The summed E-state index contributed by atoms with van der Waals surface area (Å²) in [4.78, 5) is 5.14. The van der Waals surface area contributed by atoms with Crippen molar-refractivity contribution in [3.05, 3.63) is 69.6 Å². The van der Waals surface area contributed by atoms with Gasteiger partial charge in [-0.05, 0) is 36.4 Å². The van der Waals surface area contributed by atoms with Crippen molar-refractivity contribution in [1.82, 2.24) is 9.13 Å². The first kappa shape index (κ1) is 15.8. The molecule has 0 saturated heterocycles. The van der Waals surface area contributed by atoms with E-state index in [0.29, 0.717) is 33.1 Å². The second-order valence-electron chi connectivity index (χ2n) is 5.33. The quantitative estimate of drug-likeness (QED) is 0.554. The number of aromatic nitrogens is 2. The fourth-order valence-electron chi connectivity index (χ4n) is 2.70. The average molecular weight is 375 g/mol. The highest BCUT2D eigenvalue weighted by Crippen LogP contribution is 2.29. The number of fused-ring (bicyclic) bond motifs is 1. The van der Waals surface area contributed by atoms with Gasteiger partial charge in [-0.25, -0.2) is 11.0 Å². The summed E-state index contributed by atoms with van der Waals surface area (Å²) in [5.74, 6) is 0.950. The Morgan fingerprint density at radius 3 is 1.60 bits per heavy atom. The summed E-state index contributed by atoms with van der Waals surface area (Å²) in [6.07, 6.45) is 0. The zero-order valence-electron chi connectivity index (χ0n) is 12.7. The fraction of sp³-hybridized carbons (Fsp3) is 0. The maximum atomic E-state index is 8.47. The molecule has 3 aromatic rings. The SMILES string of the molecule is N=c1c(=N)n(-c2cccc(Cl)c2)c2c(n1-c1cccc(Cl)c1)NON2. The highest BCUT2D eigenvalue weighted by Gasteiger charge is 2.23. The maximum Gasteiger partial charge on any atom is 0.182 e. The van der Waals surface area contributed by atoms with Crippen molar-refractivity contribution in [2.24, 2.45) is 0 Å². The van der Waals surface area contributed by atoms with Gasteiger partial charge in [-0.1, -0.05) is 35.3 Å². The Balaban J connectivity index is 2.06. The van der Waals surface area contributed by atoms with Crippen molar-refractivity contribution in [2.75, 3.05) is 11.0 Å². The third kappa shape index (κ3) is 2.58. The van der Waals surface area contributed by atoms with Crippen LogP contribution in [0.15, 0.2) is 48.5 Å². The third-order valence-electron chi connectivity index (χ3n) is 3.77. The monoisotopic (exact) mass is 374 g/mol. The van der Waals surface area contributed by atoms with E-state index < -0.39 is 0 Å². The van der Waals surface area contributed by atoms with Gasteiger partial charge in [0.2, 0.25) is 0 Å².